The lowest BCUT2D eigenvalue weighted by Gasteiger charge is -2.17. The first-order valence-corrected chi connectivity index (χ1v) is 11.1. The zero-order valence-corrected chi connectivity index (χ0v) is 18.0. The number of anilines is 1. The van der Waals surface area contributed by atoms with Crippen LogP contribution in [0.4, 0.5) is 9.52 Å². The molecule has 0 unspecified atom stereocenters. The van der Waals surface area contributed by atoms with Gasteiger partial charge in [0.15, 0.2) is 4.34 Å². The molecule has 29 heavy (non-hydrogen) atoms. The van der Waals surface area contributed by atoms with Gasteiger partial charge in [0.05, 0.1) is 5.75 Å². The highest BCUT2D eigenvalue weighted by atomic mass is 32.2. The van der Waals surface area contributed by atoms with Gasteiger partial charge in [0.1, 0.15) is 5.82 Å². The molecule has 0 radical (unpaired) electrons. The van der Waals surface area contributed by atoms with E-state index in [0.717, 1.165) is 21.9 Å². The van der Waals surface area contributed by atoms with Gasteiger partial charge in [-0.3, -0.25) is 4.79 Å². The number of aryl methyl sites for hydroxylation is 1. The highest BCUT2D eigenvalue weighted by Crippen LogP contribution is 2.26. The van der Waals surface area contributed by atoms with Crippen LogP contribution in [0.5, 0.6) is 0 Å². The minimum absolute atomic E-state index is 0.0468. The highest BCUT2D eigenvalue weighted by Gasteiger charge is 2.12. The second-order valence-electron chi connectivity index (χ2n) is 6.56. The average Bonchev–Trinajstić information content (AvgIpc) is 3.20. The van der Waals surface area contributed by atoms with Gasteiger partial charge in [-0.1, -0.05) is 66.4 Å². The van der Waals surface area contributed by atoms with E-state index < -0.39 is 0 Å². The molecule has 1 aromatic heterocycles. The van der Waals surface area contributed by atoms with Gasteiger partial charge in [0.25, 0.3) is 0 Å². The van der Waals surface area contributed by atoms with Crippen LogP contribution in [0.3, 0.4) is 0 Å². The topological polar surface area (TPSA) is 58.1 Å². The van der Waals surface area contributed by atoms with E-state index in [0.29, 0.717) is 24.0 Å². The van der Waals surface area contributed by atoms with Crippen LogP contribution in [0.2, 0.25) is 0 Å². The molecule has 1 heterocycles. The fourth-order valence-corrected chi connectivity index (χ4v) is 4.28. The molecule has 0 saturated heterocycles. The summed E-state index contributed by atoms with van der Waals surface area (Å²) in [5.74, 6) is 0.109. The monoisotopic (exact) mass is 430 g/mol. The average molecular weight is 431 g/mol. The van der Waals surface area contributed by atoms with Crippen molar-refractivity contribution in [3.63, 3.8) is 0 Å². The Morgan fingerprint density at radius 2 is 1.72 bits per heavy atom. The van der Waals surface area contributed by atoms with E-state index in [4.69, 9.17) is 0 Å². The third-order valence-corrected chi connectivity index (χ3v) is 6.36. The number of nitrogens with one attached hydrogen (secondary N) is 1. The van der Waals surface area contributed by atoms with E-state index in [2.05, 4.69) is 46.7 Å². The summed E-state index contributed by atoms with van der Waals surface area (Å²) < 4.78 is 13.7. The summed E-state index contributed by atoms with van der Waals surface area (Å²) in [5.41, 5.74) is 3.37. The fraction of sp³-hybridized carbons (Fsp3) is 0.286. The first-order chi connectivity index (χ1) is 14.0. The number of aromatic nitrogens is 2. The summed E-state index contributed by atoms with van der Waals surface area (Å²) >= 11 is 2.78. The van der Waals surface area contributed by atoms with E-state index in [9.17, 15) is 9.18 Å². The summed E-state index contributed by atoms with van der Waals surface area (Å²) in [7, 11) is 1.81. The van der Waals surface area contributed by atoms with E-state index in [1.807, 2.05) is 7.05 Å². The summed E-state index contributed by atoms with van der Waals surface area (Å²) in [6.07, 6.45) is 1.01. The van der Waals surface area contributed by atoms with Gasteiger partial charge in [-0.15, -0.1) is 10.2 Å². The molecule has 8 heteroatoms. The lowest BCUT2D eigenvalue weighted by atomic mass is 10.1. The van der Waals surface area contributed by atoms with Gasteiger partial charge in [-0.25, -0.2) is 4.39 Å². The second kappa shape index (κ2) is 10.4. The van der Waals surface area contributed by atoms with Crippen molar-refractivity contribution in [1.82, 2.24) is 15.1 Å². The van der Waals surface area contributed by atoms with Crippen molar-refractivity contribution < 1.29 is 9.18 Å². The first-order valence-electron chi connectivity index (χ1n) is 9.30. The number of hydrogen-bond donors (Lipinski definition) is 1. The Bertz CT molecular complexity index is 929. The minimum atomic E-state index is -0.254. The van der Waals surface area contributed by atoms with Crippen molar-refractivity contribution in [2.24, 2.45) is 0 Å². The molecule has 1 amide bonds. The smallest absolute Gasteiger partial charge is 0.233 e. The summed E-state index contributed by atoms with van der Waals surface area (Å²) in [5, 5.41) is 12.1. The van der Waals surface area contributed by atoms with Gasteiger partial charge < -0.3 is 10.2 Å². The number of carbonyl (C=O) groups is 1. The largest absolute Gasteiger partial charge is 0.356 e. The van der Waals surface area contributed by atoms with Crippen molar-refractivity contribution in [2.75, 3.05) is 18.1 Å². The van der Waals surface area contributed by atoms with Crippen LogP contribution >= 0.6 is 23.1 Å². The van der Waals surface area contributed by atoms with Crippen LogP contribution in [0.25, 0.3) is 0 Å². The maximum Gasteiger partial charge on any atom is 0.233 e. The first kappa shape index (κ1) is 21.3. The Balaban J connectivity index is 1.44. The Hall–Kier alpha value is -2.45. The van der Waals surface area contributed by atoms with Gasteiger partial charge in [0.2, 0.25) is 11.0 Å². The predicted octanol–water partition coefficient (Wildman–Crippen LogP) is 4.60. The molecular weight excluding hydrogens is 407 g/mol. The predicted molar refractivity (Wildman–Crippen MR) is 117 cm³/mol. The maximum absolute atomic E-state index is 12.9. The summed E-state index contributed by atoms with van der Waals surface area (Å²) in [6, 6.07) is 14.7. The molecule has 0 fully saturated rings. The highest BCUT2D eigenvalue weighted by molar-refractivity contribution is 8.01. The van der Waals surface area contributed by atoms with Gasteiger partial charge in [-0.05, 0) is 35.2 Å². The van der Waals surface area contributed by atoms with Crippen molar-refractivity contribution in [1.29, 1.82) is 0 Å². The Kier molecular flexibility index (Phi) is 7.60. The molecule has 3 aromatic rings. The molecule has 3 rings (SSSR count). The normalized spacial score (nSPS) is 10.7. The van der Waals surface area contributed by atoms with Gasteiger partial charge in [-0.2, -0.15) is 0 Å². The van der Waals surface area contributed by atoms with E-state index in [1.54, 1.807) is 17.0 Å². The molecular formula is C21H23FN4OS2. The molecule has 1 N–H and O–H groups in total. The molecule has 0 aliphatic heterocycles. The number of benzene rings is 2. The lowest BCUT2D eigenvalue weighted by molar-refractivity contribution is -0.127. The van der Waals surface area contributed by atoms with Crippen LogP contribution < -0.4 is 5.32 Å². The molecule has 2 aromatic carbocycles. The molecule has 0 saturated carbocycles. The van der Waals surface area contributed by atoms with Crippen molar-refractivity contribution in [3.05, 3.63) is 71.0 Å². The molecule has 0 aliphatic rings. The van der Waals surface area contributed by atoms with Crippen LogP contribution in [-0.2, 0) is 24.3 Å². The third-order valence-electron chi connectivity index (χ3n) is 4.36. The van der Waals surface area contributed by atoms with Crippen molar-refractivity contribution >= 4 is 34.1 Å². The summed E-state index contributed by atoms with van der Waals surface area (Å²) in [6.45, 7) is 3.25. The molecule has 0 bridgehead atoms. The number of carbonyl (C=O) groups excluding carboxylic acids is 1. The number of hydrogen-bond acceptors (Lipinski definition) is 6. The van der Waals surface area contributed by atoms with Crippen LogP contribution in [-0.4, -0.2) is 33.8 Å². The molecule has 5 nitrogen and oxygen atoms in total. The molecule has 0 atom stereocenters. The quantitative estimate of drug-likeness (QED) is 0.503. The van der Waals surface area contributed by atoms with Gasteiger partial charge >= 0.3 is 0 Å². The van der Waals surface area contributed by atoms with Crippen LogP contribution in [0.15, 0.2) is 52.9 Å². The number of rotatable bonds is 9. The lowest BCUT2D eigenvalue weighted by Crippen LogP contribution is -2.27. The zero-order valence-electron chi connectivity index (χ0n) is 16.4. The number of thioether (sulfide) groups is 1. The second-order valence-corrected chi connectivity index (χ2v) is 8.76. The molecule has 0 aliphatic carbocycles. The zero-order chi connectivity index (χ0) is 20.6. The van der Waals surface area contributed by atoms with E-state index in [1.165, 1.54) is 40.8 Å². The van der Waals surface area contributed by atoms with Crippen LogP contribution in [0, 0.1) is 5.82 Å². The van der Waals surface area contributed by atoms with Gasteiger partial charge in [0, 0.05) is 20.1 Å². The van der Waals surface area contributed by atoms with Crippen molar-refractivity contribution in [3.8, 4) is 0 Å². The third kappa shape index (κ3) is 6.54. The Labute approximate surface area is 178 Å². The number of nitrogens with zero attached hydrogens (tertiary/aromatic N) is 3. The SMILES string of the molecule is CCc1ccc(CN(C)C(=O)CSc2nnc(NCc3ccc(F)cc3)s2)cc1. The van der Waals surface area contributed by atoms with E-state index in [-0.39, 0.29) is 11.7 Å². The number of amides is 1. The van der Waals surface area contributed by atoms with Crippen LogP contribution in [0.1, 0.15) is 23.6 Å². The van der Waals surface area contributed by atoms with Crippen molar-refractivity contribution in [2.45, 2.75) is 30.8 Å². The Morgan fingerprint density at radius 3 is 2.41 bits per heavy atom. The Morgan fingerprint density at radius 1 is 1.07 bits per heavy atom. The summed E-state index contributed by atoms with van der Waals surface area (Å²) in [4.78, 5) is 14.1. The maximum atomic E-state index is 12.9. The minimum Gasteiger partial charge on any atom is -0.356 e. The number of halogens is 1. The van der Waals surface area contributed by atoms with E-state index >= 15 is 0 Å². The molecule has 0 spiro atoms. The fourth-order valence-electron chi connectivity index (χ4n) is 2.60. The standard InChI is InChI=1S/C21H23FN4OS2/c1-3-15-4-6-17(7-5-15)13-26(2)19(27)14-28-21-25-24-20(29-21)23-12-16-8-10-18(22)11-9-16/h4-11H,3,12-14H2,1-2H3,(H,23,24). The molecule has 152 valence electrons.